The molecule has 3 amide bonds. The average Bonchev–Trinajstić information content (AvgIpc) is 3.13. The van der Waals surface area contributed by atoms with Crippen molar-refractivity contribution in [2.24, 2.45) is 0 Å². The van der Waals surface area contributed by atoms with Gasteiger partial charge >= 0.3 is 5.97 Å². The summed E-state index contributed by atoms with van der Waals surface area (Å²) in [5, 5.41) is 0. The lowest BCUT2D eigenvalue weighted by Crippen LogP contribution is -2.39. The van der Waals surface area contributed by atoms with Crippen LogP contribution in [0, 0.1) is 0 Å². The van der Waals surface area contributed by atoms with Gasteiger partial charge in [0.2, 0.25) is 0 Å². The van der Waals surface area contributed by atoms with E-state index in [0.717, 1.165) is 25.7 Å². The Morgan fingerprint density at radius 3 is 2.12 bits per heavy atom. The molecule has 7 nitrogen and oxygen atoms in total. The number of benzene rings is 2. The van der Waals surface area contributed by atoms with E-state index < -0.39 is 5.97 Å². The quantitative estimate of drug-likeness (QED) is 0.331. The van der Waals surface area contributed by atoms with Gasteiger partial charge in [-0.25, -0.2) is 4.79 Å². The first-order valence-corrected chi connectivity index (χ1v) is 12.0. The van der Waals surface area contributed by atoms with E-state index in [9.17, 15) is 19.2 Å². The standard InChI is InChI=1S/C27H30N2O5/c1-28(19-11-3-2-4-12-19)24(30)22-15-7-8-16-23(22)27(33)34-18-10-9-17-29-25(31)20-13-5-6-14-21(20)26(29)32/h5-8,13-16,19H,2-4,9-12,17-18H2,1H3. The fraction of sp³-hybridized carbons (Fsp3) is 0.407. The number of carbonyl (C=O) groups is 4. The molecule has 0 bridgehead atoms. The molecule has 0 saturated heterocycles. The maximum absolute atomic E-state index is 13.1. The molecule has 0 atom stereocenters. The van der Waals surface area contributed by atoms with Gasteiger partial charge in [0.05, 0.1) is 28.9 Å². The Morgan fingerprint density at radius 1 is 0.882 bits per heavy atom. The fourth-order valence-electron chi connectivity index (χ4n) is 4.73. The van der Waals surface area contributed by atoms with Crippen molar-refractivity contribution in [3.05, 3.63) is 70.8 Å². The van der Waals surface area contributed by atoms with E-state index in [1.165, 1.54) is 11.3 Å². The van der Waals surface area contributed by atoms with Crippen molar-refractivity contribution in [2.75, 3.05) is 20.2 Å². The van der Waals surface area contributed by atoms with Crippen LogP contribution in [0.4, 0.5) is 0 Å². The van der Waals surface area contributed by atoms with Crippen LogP contribution in [-0.4, -0.2) is 59.7 Å². The van der Waals surface area contributed by atoms with Gasteiger partial charge in [-0.15, -0.1) is 0 Å². The van der Waals surface area contributed by atoms with E-state index in [0.29, 0.717) is 29.5 Å². The summed E-state index contributed by atoms with van der Waals surface area (Å²) in [6.07, 6.45) is 6.43. The number of fused-ring (bicyclic) bond motifs is 1. The minimum atomic E-state index is -0.540. The summed E-state index contributed by atoms with van der Waals surface area (Å²) in [5.41, 5.74) is 1.47. The predicted molar refractivity (Wildman–Crippen MR) is 127 cm³/mol. The van der Waals surface area contributed by atoms with Crippen LogP contribution in [0.5, 0.6) is 0 Å². The number of unbranched alkanes of at least 4 members (excludes halogenated alkanes) is 1. The number of carbonyl (C=O) groups excluding carboxylic acids is 4. The number of amides is 3. The Hall–Kier alpha value is -3.48. The van der Waals surface area contributed by atoms with Gasteiger partial charge in [0.25, 0.3) is 17.7 Å². The van der Waals surface area contributed by atoms with Gasteiger partial charge < -0.3 is 9.64 Å². The van der Waals surface area contributed by atoms with Crippen molar-refractivity contribution in [1.82, 2.24) is 9.80 Å². The van der Waals surface area contributed by atoms with E-state index >= 15 is 0 Å². The molecule has 2 aliphatic rings. The molecule has 1 aliphatic carbocycles. The first kappa shape index (κ1) is 23.7. The van der Waals surface area contributed by atoms with Crippen LogP contribution in [0.2, 0.25) is 0 Å². The Bertz CT molecular complexity index is 1050. The van der Waals surface area contributed by atoms with Gasteiger partial charge in [0.15, 0.2) is 0 Å². The summed E-state index contributed by atoms with van der Waals surface area (Å²) >= 11 is 0. The first-order valence-electron chi connectivity index (χ1n) is 12.0. The zero-order chi connectivity index (χ0) is 24.1. The normalized spacial score (nSPS) is 15.9. The van der Waals surface area contributed by atoms with Gasteiger partial charge in [-0.2, -0.15) is 0 Å². The maximum Gasteiger partial charge on any atom is 0.338 e. The van der Waals surface area contributed by atoms with Crippen molar-refractivity contribution < 1.29 is 23.9 Å². The van der Waals surface area contributed by atoms with E-state index in [4.69, 9.17) is 4.74 Å². The molecule has 7 heteroatoms. The van der Waals surface area contributed by atoms with Crippen LogP contribution in [0.25, 0.3) is 0 Å². The van der Waals surface area contributed by atoms with Crippen LogP contribution in [0.1, 0.15) is 86.4 Å². The van der Waals surface area contributed by atoms with Gasteiger partial charge in [-0.05, 0) is 49.9 Å². The monoisotopic (exact) mass is 462 g/mol. The molecule has 0 aromatic heterocycles. The van der Waals surface area contributed by atoms with Crippen molar-refractivity contribution in [1.29, 1.82) is 0 Å². The van der Waals surface area contributed by atoms with Crippen LogP contribution in [0.3, 0.4) is 0 Å². The second kappa shape index (κ2) is 10.6. The van der Waals surface area contributed by atoms with Crippen molar-refractivity contribution in [3.8, 4) is 0 Å². The molecular formula is C27H30N2O5. The second-order valence-electron chi connectivity index (χ2n) is 8.90. The molecule has 0 radical (unpaired) electrons. The molecule has 1 fully saturated rings. The van der Waals surface area contributed by atoms with Crippen molar-refractivity contribution >= 4 is 23.7 Å². The summed E-state index contributed by atoms with van der Waals surface area (Å²) in [5.74, 6) is -1.27. The molecular weight excluding hydrogens is 432 g/mol. The van der Waals surface area contributed by atoms with Gasteiger partial charge in [0.1, 0.15) is 0 Å². The van der Waals surface area contributed by atoms with Gasteiger partial charge in [0, 0.05) is 19.6 Å². The number of ether oxygens (including phenoxy) is 1. The third-order valence-electron chi connectivity index (χ3n) is 6.71. The highest BCUT2D eigenvalue weighted by Crippen LogP contribution is 2.24. The maximum atomic E-state index is 13.1. The number of hydrogen-bond acceptors (Lipinski definition) is 5. The highest BCUT2D eigenvalue weighted by atomic mass is 16.5. The Balaban J connectivity index is 1.28. The molecule has 4 rings (SSSR count). The van der Waals surface area contributed by atoms with Crippen LogP contribution < -0.4 is 0 Å². The molecule has 1 heterocycles. The number of hydrogen-bond donors (Lipinski definition) is 0. The third-order valence-corrected chi connectivity index (χ3v) is 6.71. The summed E-state index contributed by atoms with van der Waals surface area (Å²) in [4.78, 5) is 53.7. The van der Waals surface area contributed by atoms with Crippen LogP contribution in [-0.2, 0) is 4.74 Å². The molecule has 178 valence electrons. The number of rotatable bonds is 8. The molecule has 34 heavy (non-hydrogen) atoms. The average molecular weight is 463 g/mol. The Morgan fingerprint density at radius 2 is 1.47 bits per heavy atom. The molecule has 2 aromatic carbocycles. The molecule has 2 aromatic rings. The van der Waals surface area contributed by atoms with E-state index in [-0.39, 0.29) is 42.5 Å². The van der Waals surface area contributed by atoms with Crippen LogP contribution in [0.15, 0.2) is 48.5 Å². The topological polar surface area (TPSA) is 84.0 Å². The summed E-state index contributed by atoms with van der Waals surface area (Å²) in [7, 11) is 1.81. The van der Waals surface area contributed by atoms with Crippen LogP contribution >= 0.6 is 0 Å². The number of esters is 1. The highest BCUT2D eigenvalue weighted by Gasteiger charge is 2.34. The fourth-order valence-corrected chi connectivity index (χ4v) is 4.73. The zero-order valence-corrected chi connectivity index (χ0v) is 19.5. The van der Waals surface area contributed by atoms with Gasteiger partial charge in [-0.3, -0.25) is 19.3 Å². The molecule has 0 N–H and O–H groups in total. The zero-order valence-electron chi connectivity index (χ0n) is 19.5. The van der Waals surface area contributed by atoms with Crippen molar-refractivity contribution in [3.63, 3.8) is 0 Å². The van der Waals surface area contributed by atoms with E-state index in [1.54, 1.807) is 60.5 Å². The Labute approximate surface area is 199 Å². The minimum absolute atomic E-state index is 0.142. The second-order valence-corrected chi connectivity index (χ2v) is 8.90. The van der Waals surface area contributed by atoms with E-state index in [2.05, 4.69) is 0 Å². The molecule has 1 saturated carbocycles. The third kappa shape index (κ3) is 4.88. The lowest BCUT2D eigenvalue weighted by Gasteiger charge is -2.31. The smallest absolute Gasteiger partial charge is 0.338 e. The molecule has 0 unspecified atom stereocenters. The number of imide groups is 1. The largest absolute Gasteiger partial charge is 0.462 e. The minimum Gasteiger partial charge on any atom is -0.462 e. The summed E-state index contributed by atoms with van der Waals surface area (Å²) in [6, 6.07) is 13.7. The summed E-state index contributed by atoms with van der Waals surface area (Å²) in [6.45, 7) is 0.411. The lowest BCUT2D eigenvalue weighted by atomic mass is 9.94. The lowest BCUT2D eigenvalue weighted by molar-refractivity contribution is 0.0478. The van der Waals surface area contributed by atoms with Crippen molar-refractivity contribution in [2.45, 2.75) is 51.0 Å². The number of nitrogens with zero attached hydrogens (tertiary/aromatic N) is 2. The summed E-state index contributed by atoms with van der Waals surface area (Å²) < 4.78 is 5.43. The van der Waals surface area contributed by atoms with Gasteiger partial charge in [-0.1, -0.05) is 43.5 Å². The molecule has 0 spiro atoms. The van der Waals surface area contributed by atoms with E-state index in [1.807, 2.05) is 0 Å². The Kier molecular flexibility index (Phi) is 7.40. The molecule has 1 aliphatic heterocycles. The SMILES string of the molecule is CN(C(=O)c1ccccc1C(=O)OCCCCN1C(=O)c2ccccc2C1=O)C1CCCCC1. The first-order chi connectivity index (χ1) is 16.5. The highest BCUT2D eigenvalue weighted by molar-refractivity contribution is 6.21. The predicted octanol–water partition coefficient (Wildman–Crippen LogP) is 4.32.